The molecule has 0 saturated carbocycles. The van der Waals surface area contributed by atoms with E-state index in [0.29, 0.717) is 48.6 Å². The molecule has 2 atom stereocenters. The fourth-order valence-electron chi connectivity index (χ4n) is 5.94. The van der Waals surface area contributed by atoms with Gasteiger partial charge in [-0.15, -0.1) is 0 Å². The Hall–Kier alpha value is -4.99. The van der Waals surface area contributed by atoms with Crippen LogP contribution in [0.5, 0.6) is 17.2 Å². The van der Waals surface area contributed by atoms with E-state index in [2.05, 4.69) is 27.0 Å². The van der Waals surface area contributed by atoms with Gasteiger partial charge in [0.05, 0.1) is 33.1 Å². The number of fused-ring (bicyclic) bond motifs is 4. The summed E-state index contributed by atoms with van der Waals surface area (Å²) >= 11 is 0. The highest BCUT2D eigenvalue weighted by Gasteiger charge is 2.29. The summed E-state index contributed by atoms with van der Waals surface area (Å²) in [5.74, 6) is 1.01. The molecule has 0 radical (unpaired) electrons. The molecule has 44 heavy (non-hydrogen) atoms. The Morgan fingerprint density at radius 2 is 1.80 bits per heavy atom. The van der Waals surface area contributed by atoms with E-state index in [9.17, 15) is 14.4 Å². The zero-order valence-corrected chi connectivity index (χ0v) is 25.6. The van der Waals surface area contributed by atoms with Crippen molar-refractivity contribution in [3.8, 4) is 28.4 Å². The van der Waals surface area contributed by atoms with Crippen LogP contribution in [0.15, 0.2) is 59.5 Å². The number of para-hydroxylation sites is 1. The van der Waals surface area contributed by atoms with Crippen molar-refractivity contribution in [2.45, 2.75) is 45.2 Å². The van der Waals surface area contributed by atoms with Crippen LogP contribution >= 0.6 is 0 Å². The third-order valence-corrected chi connectivity index (χ3v) is 8.05. The van der Waals surface area contributed by atoms with Gasteiger partial charge in [-0.2, -0.15) is 0 Å². The van der Waals surface area contributed by atoms with Crippen LogP contribution in [0.1, 0.15) is 43.0 Å². The molecule has 3 aromatic carbocycles. The van der Waals surface area contributed by atoms with Crippen LogP contribution in [0.3, 0.4) is 0 Å². The maximum Gasteiger partial charge on any atom is 0.242 e. The van der Waals surface area contributed by atoms with Gasteiger partial charge in [0.1, 0.15) is 6.04 Å². The Balaban J connectivity index is 1.44. The predicted octanol–water partition coefficient (Wildman–Crippen LogP) is 4.50. The van der Waals surface area contributed by atoms with Crippen LogP contribution in [0.25, 0.3) is 22.0 Å². The molecule has 4 aromatic rings. The van der Waals surface area contributed by atoms with E-state index >= 15 is 0 Å². The van der Waals surface area contributed by atoms with Crippen molar-refractivity contribution in [2.75, 3.05) is 33.2 Å². The zero-order chi connectivity index (χ0) is 31.4. The maximum atomic E-state index is 13.6. The van der Waals surface area contributed by atoms with Gasteiger partial charge in [0.15, 0.2) is 11.5 Å². The minimum absolute atomic E-state index is 0.204. The van der Waals surface area contributed by atoms with Gasteiger partial charge in [-0.3, -0.25) is 14.4 Å². The van der Waals surface area contributed by atoms with E-state index < -0.39 is 12.1 Å². The van der Waals surface area contributed by atoms with Crippen molar-refractivity contribution in [1.29, 1.82) is 0 Å². The third-order valence-electron chi connectivity index (χ3n) is 8.05. The summed E-state index contributed by atoms with van der Waals surface area (Å²) in [5, 5.41) is 10.2. The van der Waals surface area contributed by atoms with E-state index in [-0.39, 0.29) is 22.9 Å². The molecule has 1 aliphatic carbocycles. The maximum absolute atomic E-state index is 13.6. The molecule has 4 N–H and O–H groups in total. The fraction of sp³-hybridized carbons (Fsp3) is 0.324. The Bertz CT molecular complexity index is 1770. The number of H-pyrrole nitrogens is 1. The smallest absolute Gasteiger partial charge is 0.242 e. The number of ether oxygens (including phenoxy) is 3. The number of aryl methyl sites for hydroxylation is 1. The Labute approximate surface area is 256 Å². The molecule has 0 saturated heterocycles. The van der Waals surface area contributed by atoms with Crippen molar-refractivity contribution in [1.82, 2.24) is 15.6 Å². The van der Waals surface area contributed by atoms with Crippen molar-refractivity contribution in [3.63, 3.8) is 0 Å². The number of nitrogens with one attached hydrogen (secondary N) is 4. The number of carbonyl (C=O) groups is 2. The Kier molecular flexibility index (Phi) is 9.08. The highest BCUT2D eigenvalue weighted by molar-refractivity contribution is 5.86. The molecule has 1 aliphatic rings. The number of benzene rings is 2. The lowest BCUT2D eigenvalue weighted by Crippen LogP contribution is -2.39. The van der Waals surface area contributed by atoms with Crippen molar-refractivity contribution < 1.29 is 23.8 Å². The van der Waals surface area contributed by atoms with Gasteiger partial charge in [0.25, 0.3) is 0 Å². The first-order valence-corrected chi connectivity index (χ1v) is 14.6. The second-order valence-corrected chi connectivity index (χ2v) is 10.9. The summed E-state index contributed by atoms with van der Waals surface area (Å²) in [6, 6.07) is 13.9. The number of aromatic amines is 1. The third kappa shape index (κ3) is 6.06. The standard InChI is InChI=1S/C34H38N4O6/c1-19(34(41)35-15-14-22-18-36-26-9-7-6-8-23(22)26)37-28-13-11-24-25(17-29(28)40)27(38-20(2)39)12-10-21-16-30(42-3)32(43-4)33(44-5)31(21)24/h6-9,11,13,16-19,27,36H,10,12,14-15H2,1-5H3,(H,35,41)(H,37,40)(H,38,39)/t19-,27-/m1/s1. The molecule has 10 heteroatoms. The number of carbonyl (C=O) groups excluding carboxylic acids is 2. The minimum Gasteiger partial charge on any atom is -0.493 e. The van der Waals surface area contributed by atoms with E-state index in [1.807, 2.05) is 36.5 Å². The lowest BCUT2D eigenvalue weighted by atomic mass is 9.95. The molecule has 0 bridgehead atoms. The van der Waals surface area contributed by atoms with Crippen LogP contribution in [-0.2, 0) is 22.4 Å². The average Bonchev–Trinajstić information content (AvgIpc) is 3.29. The van der Waals surface area contributed by atoms with E-state index in [1.54, 1.807) is 34.3 Å². The highest BCUT2D eigenvalue weighted by Crippen LogP contribution is 2.50. The SMILES string of the molecule is COc1cc2c(c(OC)c1OC)-c1ccc(N[C@H](C)C(=O)NCCc3c[nH]c4ccccc34)c(=O)cc1[C@H](NC(C)=O)CC2. The summed E-state index contributed by atoms with van der Waals surface area (Å²) in [6.45, 7) is 3.62. The molecule has 10 nitrogen and oxygen atoms in total. The van der Waals surface area contributed by atoms with Crippen LogP contribution in [0, 0.1) is 0 Å². The Morgan fingerprint density at radius 1 is 1.02 bits per heavy atom. The van der Waals surface area contributed by atoms with Gasteiger partial charge in [-0.05, 0) is 72.7 Å². The number of rotatable bonds is 10. The molecule has 0 fully saturated rings. The first-order chi connectivity index (χ1) is 21.2. The Morgan fingerprint density at radius 3 is 2.52 bits per heavy atom. The van der Waals surface area contributed by atoms with Crippen molar-refractivity contribution >= 4 is 28.4 Å². The topological polar surface area (TPSA) is 131 Å². The molecule has 1 aromatic heterocycles. The normalized spacial score (nSPS) is 14.4. The lowest BCUT2D eigenvalue weighted by molar-refractivity contribution is -0.121. The van der Waals surface area contributed by atoms with Gasteiger partial charge in [-0.25, -0.2) is 0 Å². The van der Waals surface area contributed by atoms with Crippen molar-refractivity contribution in [3.05, 3.63) is 81.6 Å². The van der Waals surface area contributed by atoms with E-state index in [4.69, 9.17) is 14.2 Å². The highest BCUT2D eigenvalue weighted by atomic mass is 16.5. The number of amides is 2. The largest absolute Gasteiger partial charge is 0.493 e. The van der Waals surface area contributed by atoms with E-state index in [0.717, 1.165) is 33.2 Å². The second kappa shape index (κ2) is 13.1. The first-order valence-electron chi connectivity index (χ1n) is 14.6. The summed E-state index contributed by atoms with van der Waals surface area (Å²) in [7, 11) is 4.66. The number of aromatic nitrogens is 1. The van der Waals surface area contributed by atoms with Crippen LogP contribution in [0.2, 0.25) is 0 Å². The molecule has 5 rings (SSSR count). The monoisotopic (exact) mass is 598 g/mol. The van der Waals surface area contributed by atoms with Gasteiger partial charge in [-0.1, -0.05) is 24.3 Å². The minimum atomic E-state index is -0.676. The lowest BCUT2D eigenvalue weighted by Gasteiger charge is -2.19. The predicted molar refractivity (Wildman–Crippen MR) is 171 cm³/mol. The second-order valence-electron chi connectivity index (χ2n) is 10.9. The summed E-state index contributed by atoms with van der Waals surface area (Å²) in [4.78, 5) is 42.0. The molecule has 1 heterocycles. The summed E-state index contributed by atoms with van der Waals surface area (Å²) in [6.07, 6.45) is 3.79. The van der Waals surface area contributed by atoms with Crippen LogP contribution in [-0.4, -0.2) is 50.7 Å². The molecule has 2 amide bonds. The summed E-state index contributed by atoms with van der Waals surface area (Å²) in [5.41, 5.74) is 5.21. The summed E-state index contributed by atoms with van der Waals surface area (Å²) < 4.78 is 17.1. The number of anilines is 1. The van der Waals surface area contributed by atoms with Gasteiger partial charge < -0.3 is 35.1 Å². The molecule has 0 aliphatic heterocycles. The first kappa shape index (κ1) is 30.5. The van der Waals surface area contributed by atoms with E-state index in [1.165, 1.54) is 13.0 Å². The van der Waals surface area contributed by atoms with Gasteiger partial charge in [0.2, 0.25) is 23.0 Å². The quantitative estimate of drug-likeness (QED) is 0.211. The number of hydrogen-bond acceptors (Lipinski definition) is 7. The van der Waals surface area contributed by atoms with Crippen molar-refractivity contribution in [2.24, 2.45) is 0 Å². The molecular weight excluding hydrogens is 560 g/mol. The average molecular weight is 599 g/mol. The zero-order valence-electron chi connectivity index (χ0n) is 25.6. The van der Waals surface area contributed by atoms with Crippen LogP contribution < -0.4 is 35.6 Å². The van der Waals surface area contributed by atoms with Gasteiger partial charge >= 0.3 is 0 Å². The van der Waals surface area contributed by atoms with Crippen LogP contribution in [0.4, 0.5) is 5.69 Å². The fourth-order valence-corrected chi connectivity index (χ4v) is 5.94. The molecule has 0 spiro atoms. The number of hydrogen-bond donors (Lipinski definition) is 4. The van der Waals surface area contributed by atoms with Gasteiger partial charge in [0, 0.05) is 36.1 Å². The molecule has 0 unspecified atom stereocenters. The molecule has 230 valence electrons. The number of methoxy groups -OCH3 is 3. The molecular formula is C34H38N4O6.